The van der Waals surface area contributed by atoms with Crippen LogP contribution in [0.4, 0.5) is 0 Å². The van der Waals surface area contributed by atoms with E-state index in [9.17, 15) is 19.2 Å². The molecule has 0 aromatic rings. The average molecular weight is 1010 g/mol. The van der Waals surface area contributed by atoms with E-state index in [2.05, 4.69) is 127 Å². The highest BCUT2D eigenvalue weighted by atomic mass is 16.7. The van der Waals surface area contributed by atoms with Crippen LogP contribution in [0.3, 0.4) is 0 Å². The molecule has 0 bridgehead atoms. The fourth-order valence-corrected chi connectivity index (χ4v) is 12.3. The zero-order chi connectivity index (χ0) is 53.4. The van der Waals surface area contributed by atoms with Crippen molar-refractivity contribution in [3.05, 3.63) is 0 Å². The summed E-state index contributed by atoms with van der Waals surface area (Å²) in [4.78, 5) is 57.0. The van der Waals surface area contributed by atoms with Crippen LogP contribution in [0.5, 0.6) is 0 Å². The summed E-state index contributed by atoms with van der Waals surface area (Å²) in [5.74, 6) is 1.99. The molecule has 0 radical (unpaired) electrons. The van der Waals surface area contributed by atoms with Crippen LogP contribution in [-0.4, -0.2) is 79.1 Å². The molecule has 0 spiro atoms. The van der Waals surface area contributed by atoms with Gasteiger partial charge in [-0.2, -0.15) is 0 Å². The molecular weight excluding hydrogens is 903 g/mol. The van der Waals surface area contributed by atoms with Crippen LogP contribution in [0, 0.1) is 82.9 Å². The molecule has 1 saturated carbocycles. The second-order valence-corrected chi connectivity index (χ2v) is 26.5. The topological polar surface area (TPSA) is 141 Å². The third kappa shape index (κ3) is 19.7. The molecule has 3 saturated heterocycles. The van der Waals surface area contributed by atoms with Gasteiger partial charge in [0.15, 0.2) is 6.10 Å². The molecule has 11 heteroatoms. The van der Waals surface area contributed by atoms with Crippen molar-refractivity contribution in [2.45, 2.75) is 275 Å². The maximum atomic E-state index is 14.6. The molecule has 4 fully saturated rings. The molecule has 0 aromatic carbocycles. The third-order valence-electron chi connectivity index (χ3n) is 18.0. The lowest BCUT2D eigenvalue weighted by atomic mass is 9.68. The predicted molar refractivity (Wildman–Crippen MR) is 292 cm³/mol. The Bertz CT molecular complexity index is 1500. The maximum absolute atomic E-state index is 14.6. The molecule has 3 heterocycles. The van der Waals surface area contributed by atoms with Gasteiger partial charge in [0.05, 0.1) is 30.3 Å². The minimum Gasteiger partial charge on any atom is -0.465 e. The van der Waals surface area contributed by atoms with Gasteiger partial charge in [0, 0.05) is 36.3 Å². The van der Waals surface area contributed by atoms with Crippen molar-refractivity contribution in [3.63, 3.8) is 0 Å². The van der Waals surface area contributed by atoms with E-state index < -0.39 is 12.4 Å². The molecule has 0 amide bonds. The number of carbonyl (C=O) groups is 4. The molecule has 418 valence electrons. The van der Waals surface area contributed by atoms with Gasteiger partial charge in [-0.25, -0.2) is 0 Å². The van der Waals surface area contributed by atoms with Gasteiger partial charge in [0.25, 0.3) is 6.29 Å². The molecule has 9 unspecified atom stereocenters. The van der Waals surface area contributed by atoms with Crippen molar-refractivity contribution < 1.29 is 38.1 Å². The first-order chi connectivity index (χ1) is 33.9. The summed E-state index contributed by atoms with van der Waals surface area (Å²) in [7, 11) is 0. The Morgan fingerprint density at radius 1 is 0.347 bits per heavy atom. The molecule has 11 nitrogen and oxygen atoms in total. The number of esters is 4. The highest BCUT2D eigenvalue weighted by molar-refractivity contribution is 5.76. The van der Waals surface area contributed by atoms with E-state index in [1.807, 2.05) is 0 Å². The van der Waals surface area contributed by atoms with Crippen LogP contribution in [0.1, 0.15) is 226 Å². The normalized spacial score (nSPS) is 30.4. The molecule has 9 atom stereocenters. The second-order valence-electron chi connectivity index (χ2n) is 26.5. The van der Waals surface area contributed by atoms with E-state index in [1.165, 1.54) is 0 Å². The summed E-state index contributed by atoms with van der Waals surface area (Å²) < 4.78 is 25.5. The van der Waals surface area contributed by atoms with E-state index in [0.29, 0.717) is 110 Å². The van der Waals surface area contributed by atoms with Gasteiger partial charge in [-0.05, 0) is 136 Å². The monoisotopic (exact) mass is 1010 g/mol. The molecular formula is C61H111N3O8. The zero-order valence-electron chi connectivity index (χ0n) is 48.9. The number of piperidine rings is 3. The maximum Gasteiger partial charge on any atom is 0.312 e. The highest BCUT2D eigenvalue weighted by Gasteiger charge is 2.44. The zero-order valence-corrected chi connectivity index (χ0v) is 48.9. The lowest BCUT2D eigenvalue weighted by Gasteiger charge is -2.41. The van der Waals surface area contributed by atoms with Gasteiger partial charge in [0.2, 0.25) is 0 Å². The van der Waals surface area contributed by atoms with E-state index in [4.69, 9.17) is 18.9 Å². The van der Waals surface area contributed by atoms with E-state index in [-0.39, 0.29) is 71.7 Å². The summed E-state index contributed by atoms with van der Waals surface area (Å²) in [6.45, 7) is 35.9. The number of ether oxygens (including phenoxy) is 4. The van der Waals surface area contributed by atoms with E-state index in [1.54, 1.807) is 0 Å². The van der Waals surface area contributed by atoms with Crippen molar-refractivity contribution in [3.8, 4) is 0 Å². The largest absolute Gasteiger partial charge is 0.465 e. The Morgan fingerprint density at radius 3 is 0.972 bits per heavy atom. The van der Waals surface area contributed by atoms with Crippen molar-refractivity contribution in [1.82, 2.24) is 16.0 Å². The standard InChI is InChI=1S/C61H111N3O8/c1-36(2)44-27-45(37(3)4)29-46(28-44)58(66)70-56(25-23-21-19-17-18-20-22-24-26-69-57(65)47-30-50(38(5)6)62-51(31-47)39(7)8)61(71-59(67)48-32-52(40(9)10)63-53(33-48)41(11)12)72-60(68)49-34-54(42(13)14)64-55(35-49)43(15)16/h36-56,61-64H,17-35H2,1-16H3. The quantitative estimate of drug-likeness (QED) is 0.0313. The molecule has 3 N–H and O–H groups in total. The Balaban J connectivity index is 1.46. The molecule has 4 rings (SSSR count). The number of unbranched alkanes of at least 4 members (excludes halogenated alkanes) is 7. The van der Waals surface area contributed by atoms with E-state index in [0.717, 1.165) is 83.5 Å². The first-order valence-electron chi connectivity index (χ1n) is 30.0. The van der Waals surface area contributed by atoms with Gasteiger partial charge < -0.3 is 34.9 Å². The summed E-state index contributed by atoms with van der Waals surface area (Å²) >= 11 is 0. The van der Waals surface area contributed by atoms with Gasteiger partial charge >= 0.3 is 23.9 Å². The molecule has 4 aliphatic rings. The third-order valence-corrected chi connectivity index (χ3v) is 18.0. The first-order valence-corrected chi connectivity index (χ1v) is 30.0. The van der Waals surface area contributed by atoms with Gasteiger partial charge in [-0.15, -0.1) is 0 Å². The number of carbonyl (C=O) groups excluding carboxylic acids is 4. The van der Waals surface area contributed by atoms with Gasteiger partial charge in [-0.3, -0.25) is 19.2 Å². The number of hydrogen-bond acceptors (Lipinski definition) is 11. The van der Waals surface area contributed by atoms with Crippen molar-refractivity contribution >= 4 is 23.9 Å². The van der Waals surface area contributed by atoms with Gasteiger partial charge in [-0.1, -0.05) is 149 Å². The Kier molecular flexibility index (Phi) is 26.4. The van der Waals surface area contributed by atoms with Crippen LogP contribution in [0.15, 0.2) is 0 Å². The van der Waals surface area contributed by atoms with Crippen LogP contribution < -0.4 is 16.0 Å². The summed E-state index contributed by atoms with van der Waals surface area (Å²) in [6, 6.07) is 1.30. The minimum absolute atomic E-state index is 0.0287. The average Bonchev–Trinajstić information content (AvgIpc) is 3.33. The Morgan fingerprint density at radius 2 is 0.639 bits per heavy atom. The minimum atomic E-state index is -1.33. The van der Waals surface area contributed by atoms with Crippen molar-refractivity contribution in [1.29, 1.82) is 0 Å². The molecule has 3 aliphatic heterocycles. The van der Waals surface area contributed by atoms with Crippen LogP contribution >= 0.6 is 0 Å². The molecule has 1 aliphatic carbocycles. The Labute approximate surface area is 440 Å². The summed E-state index contributed by atoms with van der Waals surface area (Å²) in [5, 5.41) is 11.4. The van der Waals surface area contributed by atoms with Crippen molar-refractivity contribution in [2.24, 2.45) is 82.9 Å². The van der Waals surface area contributed by atoms with Crippen molar-refractivity contribution in [2.75, 3.05) is 6.61 Å². The van der Waals surface area contributed by atoms with E-state index >= 15 is 0 Å². The lowest BCUT2D eigenvalue weighted by Crippen LogP contribution is -2.53. The molecule has 0 aromatic heterocycles. The number of hydrogen-bond donors (Lipinski definition) is 3. The summed E-state index contributed by atoms with van der Waals surface area (Å²) in [5.41, 5.74) is 0. The lowest BCUT2D eigenvalue weighted by molar-refractivity contribution is -0.223. The van der Waals surface area contributed by atoms with Crippen LogP contribution in [0.25, 0.3) is 0 Å². The second kappa shape index (κ2) is 30.5. The number of nitrogens with one attached hydrogen (secondary N) is 3. The Hall–Kier alpha value is -2.24. The number of rotatable bonds is 27. The predicted octanol–water partition coefficient (Wildman–Crippen LogP) is 12.9. The summed E-state index contributed by atoms with van der Waals surface area (Å²) in [6.07, 6.45) is 13.0. The smallest absolute Gasteiger partial charge is 0.312 e. The fourth-order valence-electron chi connectivity index (χ4n) is 12.3. The highest BCUT2D eigenvalue weighted by Crippen LogP contribution is 2.42. The van der Waals surface area contributed by atoms with Crippen LogP contribution in [-0.2, 0) is 38.1 Å². The fraction of sp³-hybridized carbons (Fsp3) is 0.934. The van der Waals surface area contributed by atoms with Crippen LogP contribution in [0.2, 0.25) is 0 Å². The SMILES string of the molecule is CC(C)C1CC(C(=O)OC(CCCCCCCCCCOC(=O)C2CC(C(C)C)NC(C(C)C)C2)C(OC(=O)C2CC(C(C)C)NC(C(C)C)C2)OC(=O)C2CC(C(C)C)NC(C(C)C)C2)CC(C(C)C)C1. The first kappa shape index (κ1) is 62.3. The molecule has 72 heavy (non-hydrogen) atoms. The van der Waals surface area contributed by atoms with Gasteiger partial charge in [0.1, 0.15) is 0 Å².